The molecular weight excluding hydrogens is 416 g/mol. The molecular formula is C27H36N2O4. The van der Waals surface area contributed by atoms with Crippen molar-refractivity contribution in [1.29, 1.82) is 0 Å². The third-order valence-corrected chi connectivity index (χ3v) is 6.40. The van der Waals surface area contributed by atoms with E-state index >= 15 is 0 Å². The molecule has 2 heterocycles. The molecule has 0 aromatic heterocycles. The topological polar surface area (TPSA) is 81.1 Å². The fourth-order valence-corrected chi connectivity index (χ4v) is 4.54. The van der Waals surface area contributed by atoms with E-state index in [1.54, 1.807) is 0 Å². The van der Waals surface area contributed by atoms with Crippen molar-refractivity contribution in [2.45, 2.75) is 51.4 Å². The van der Waals surface area contributed by atoms with Crippen LogP contribution in [0.15, 0.2) is 54.6 Å². The zero-order chi connectivity index (χ0) is 23.5. The number of para-hydroxylation sites is 1. The fraction of sp³-hybridized carbons (Fsp3) is 0.481. The third-order valence-electron chi connectivity index (χ3n) is 6.40. The lowest BCUT2D eigenvalue weighted by Gasteiger charge is -2.32. The molecule has 178 valence electrons. The van der Waals surface area contributed by atoms with Crippen LogP contribution in [0.2, 0.25) is 0 Å². The van der Waals surface area contributed by atoms with Crippen LogP contribution in [0.25, 0.3) is 0 Å². The van der Waals surface area contributed by atoms with Crippen molar-refractivity contribution in [3.05, 3.63) is 60.2 Å². The summed E-state index contributed by atoms with van der Waals surface area (Å²) < 4.78 is 0. The Labute approximate surface area is 196 Å². The summed E-state index contributed by atoms with van der Waals surface area (Å²) in [6.07, 6.45) is 7.79. The Morgan fingerprint density at radius 3 is 2.12 bits per heavy atom. The highest BCUT2D eigenvalue weighted by Gasteiger charge is 2.25. The highest BCUT2D eigenvalue weighted by Crippen LogP contribution is 2.23. The first-order valence-electron chi connectivity index (χ1n) is 12.1. The van der Waals surface area contributed by atoms with Crippen molar-refractivity contribution < 1.29 is 19.8 Å². The van der Waals surface area contributed by atoms with Gasteiger partial charge in [-0.15, -0.1) is 0 Å². The lowest BCUT2D eigenvalue weighted by atomic mass is 9.98. The first kappa shape index (κ1) is 24.6. The van der Waals surface area contributed by atoms with Gasteiger partial charge in [-0.2, -0.15) is 0 Å². The molecule has 33 heavy (non-hydrogen) atoms. The quantitative estimate of drug-likeness (QED) is 0.637. The number of nitrogens with zero attached hydrogens (tertiary/aromatic N) is 2. The SMILES string of the molecule is O=C(O)C1CCCN(c2ccccc2)C1.O=C(O)CCc1cccc(N2CCCCCC2)c1. The summed E-state index contributed by atoms with van der Waals surface area (Å²) in [5.74, 6) is -1.61. The van der Waals surface area contributed by atoms with E-state index in [2.05, 4.69) is 21.9 Å². The van der Waals surface area contributed by atoms with Crippen molar-refractivity contribution in [3.8, 4) is 0 Å². The molecule has 0 bridgehead atoms. The van der Waals surface area contributed by atoms with E-state index in [-0.39, 0.29) is 12.3 Å². The van der Waals surface area contributed by atoms with Gasteiger partial charge in [-0.3, -0.25) is 9.59 Å². The maximum Gasteiger partial charge on any atom is 0.308 e. The van der Waals surface area contributed by atoms with Gasteiger partial charge < -0.3 is 20.0 Å². The molecule has 0 radical (unpaired) electrons. The van der Waals surface area contributed by atoms with Gasteiger partial charge >= 0.3 is 11.9 Å². The molecule has 6 heteroatoms. The van der Waals surface area contributed by atoms with E-state index in [1.807, 2.05) is 42.5 Å². The van der Waals surface area contributed by atoms with Crippen LogP contribution in [0, 0.1) is 5.92 Å². The van der Waals surface area contributed by atoms with Gasteiger partial charge in [0.15, 0.2) is 0 Å². The predicted octanol–water partition coefficient (Wildman–Crippen LogP) is 5.07. The molecule has 2 saturated heterocycles. The van der Waals surface area contributed by atoms with Gasteiger partial charge in [0, 0.05) is 44.0 Å². The largest absolute Gasteiger partial charge is 0.481 e. The summed E-state index contributed by atoms with van der Waals surface area (Å²) in [4.78, 5) is 26.1. The van der Waals surface area contributed by atoms with Gasteiger partial charge in [-0.05, 0) is 61.9 Å². The zero-order valence-corrected chi connectivity index (χ0v) is 19.4. The van der Waals surface area contributed by atoms with Crippen molar-refractivity contribution in [3.63, 3.8) is 0 Å². The number of hydrogen-bond acceptors (Lipinski definition) is 4. The van der Waals surface area contributed by atoms with Crippen molar-refractivity contribution in [2.24, 2.45) is 5.92 Å². The summed E-state index contributed by atoms with van der Waals surface area (Å²) in [6, 6.07) is 18.3. The molecule has 1 atom stereocenters. The molecule has 0 saturated carbocycles. The molecule has 0 spiro atoms. The number of carboxylic acids is 2. The lowest BCUT2D eigenvalue weighted by molar-refractivity contribution is -0.142. The predicted molar refractivity (Wildman–Crippen MR) is 132 cm³/mol. The van der Waals surface area contributed by atoms with E-state index in [9.17, 15) is 9.59 Å². The van der Waals surface area contributed by atoms with Crippen molar-refractivity contribution >= 4 is 23.3 Å². The van der Waals surface area contributed by atoms with Crippen LogP contribution in [0.3, 0.4) is 0 Å². The first-order valence-corrected chi connectivity index (χ1v) is 12.1. The van der Waals surface area contributed by atoms with Gasteiger partial charge in [0.05, 0.1) is 5.92 Å². The van der Waals surface area contributed by atoms with Crippen LogP contribution >= 0.6 is 0 Å². The third kappa shape index (κ3) is 8.12. The van der Waals surface area contributed by atoms with Crippen molar-refractivity contribution in [1.82, 2.24) is 0 Å². The second-order valence-corrected chi connectivity index (χ2v) is 8.92. The minimum atomic E-state index is -0.727. The van der Waals surface area contributed by atoms with Crippen LogP contribution in [-0.2, 0) is 16.0 Å². The summed E-state index contributed by atoms with van der Waals surface area (Å²) in [7, 11) is 0. The highest BCUT2D eigenvalue weighted by atomic mass is 16.4. The van der Waals surface area contributed by atoms with E-state index in [0.29, 0.717) is 13.0 Å². The highest BCUT2D eigenvalue weighted by molar-refractivity contribution is 5.71. The number of aryl methyl sites for hydroxylation is 1. The van der Waals surface area contributed by atoms with Crippen molar-refractivity contribution in [2.75, 3.05) is 36.0 Å². The van der Waals surface area contributed by atoms with Gasteiger partial charge in [-0.25, -0.2) is 0 Å². The standard InChI is InChI=1S/C15H21NO2.C12H15NO2/c17-15(18)9-8-13-6-5-7-14(12-13)16-10-3-1-2-4-11-16;14-12(15)10-5-4-8-13(9-10)11-6-2-1-3-7-11/h5-7,12H,1-4,8-11H2,(H,17,18);1-3,6-7,10H,4-5,8-9H2,(H,14,15). The maximum absolute atomic E-state index is 10.9. The van der Waals surface area contributed by atoms with Crippen LogP contribution in [0.1, 0.15) is 50.5 Å². The van der Waals surface area contributed by atoms with Gasteiger partial charge in [0.2, 0.25) is 0 Å². The molecule has 0 aliphatic carbocycles. The number of hydrogen-bond donors (Lipinski definition) is 2. The number of aliphatic carboxylic acids is 2. The molecule has 2 fully saturated rings. The normalized spacial score (nSPS) is 18.6. The number of carboxylic acid groups (broad SMARTS) is 2. The maximum atomic E-state index is 10.9. The molecule has 0 amide bonds. The van der Waals surface area contributed by atoms with E-state index < -0.39 is 11.9 Å². The summed E-state index contributed by atoms with van der Waals surface area (Å²) in [6.45, 7) is 3.86. The monoisotopic (exact) mass is 452 g/mol. The lowest BCUT2D eigenvalue weighted by Crippen LogP contribution is -2.38. The molecule has 2 aliphatic rings. The summed E-state index contributed by atoms with van der Waals surface area (Å²) in [5.41, 5.74) is 3.50. The average Bonchev–Trinajstić information content (AvgIpc) is 3.14. The minimum absolute atomic E-state index is 0.209. The molecule has 2 aliphatic heterocycles. The molecule has 4 rings (SSSR count). The smallest absolute Gasteiger partial charge is 0.308 e. The summed E-state index contributed by atoms with van der Waals surface area (Å²) in [5, 5.41) is 17.7. The molecule has 2 aromatic carbocycles. The Morgan fingerprint density at radius 1 is 0.788 bits per heavy atom. The average molecular weight is 453 g/mol. The molecule has 6 nitrogen and oxygen atoms in total. The van der Waals surface area contributed by atoms with E-state index in [1.165, 1.54) is 31.4 Å². The van der Waals surface area contributed by atoms with E-state index in [4.69, 9.17) is 10.2 Å². The second-order valence-electron chi connectivity index (χ2n) is 8.92. The van der Waals surface area contributed by atoms with Crippen LogP contribution in [0.4, 0.5) is 11.4 Å². The first-order chi connectivity index (χ1) is 16.0. The molecule has 2 N–H and O–H groups in total. The van der Waals surface area contributed by atoms with Crippen LogP contribution in [0.5, 0.6) is 0 Å². The minimum Gasteiger partial charge on any atom is -0.481 e. The Balaban J connectivity index is 0.000000189. The molecule has 2 aromatic rings. The number of carbonyl (C=O) groups is 2. The Morgan fingerprint density at radius 2 is 1.45 bits per heavy atom. The number of benzene rings is 2. The van der Waals surface area contributed by atoms with Gasteiger partial charge in [-0.1, -0.05) is 43.2 Å². The van der Waals surface area contributed by atoms with Gasteiger partial charge in [0.1, 0.15) is 0 Å². The fourth-order valence-electron chi connectivity index (χ4n) is 4.54. The summed E-state index contributed by atoms with van der Waals surface area (Å²) >= 11 is 0. The van der Waals surface area contributed by atoms with E-state index in [0.717, 1.165) is 43.7 Å². The number of piperidine rings is 1. The number of rotatable bonds is 6. The molecule has 1 unspecified atom stereocenters. The van der Waals surface area contributed by atoms with Crippen LogP contribution < -0.4 is 9.80 Å². The Kier molecular flexibility index (Phi) is 9.60. The van der Waals surface area contributed by atoms with Crippen LogP contribution in [-0.4, -0.2) is 48.3 Å². The number of anilines is 2. The zero-order valence-electron chi connectivity index (χ0n) is 19.4. The Hall–Kier alpha value is -3.02. The second kappa shape index (κ2) is 12.9. The van der Waals surface area contributed by atoms with Gasteiger partial charge in [0.25, 0.3) is 0 Å². The Bertz CT molecular complexity index is 879.